The fourth-order valence-corrected chi connectivity index (χ4v) is 4.91. The lowest BCUT2D eigenvalue weighted by atomic mass is 9.97. The van der Waals surface area contributed by atoms with Crippen molar-refractivity contribution in [1.29, 1.82) is 0 Å². The van der Waals surface area contributed by atoms with Crippen molar-refractivity contribution in [3.05, 3.63) is 27.8 Å². The van der Waals surface area contributed by atoms with Crippen LogP contribution < -0.4 is 10.8 Å². The average Bonchev–Trinajstić information content (AvgIpc) is 3.42. The van der Waals surface area contributed by atoms with Crippen LogP contribution in [0.3, 0.4) is 0 Å². The van der Waals surface area contributed by atoms with Gasteiger partial charge in [-0.15, -0.1) is 15.6 Å². The predicted molar refractivity (Wildman–Crippen MR) is 123 cm³/mol. The lowest BCUT2D eigenvalue weighted by molar-refractivity contribution is -0.0316. The Labute approximate surface area is 209 Å². The monoisotopic (exact) mass is 544 g/mol. The van der Waals surface area contributed by atoms with Crippen molar-refractivity contribution < 1.29 is 36.8 Å². The van der Waals surface area contributed by atoms with E-state index in [4.69, 9.17) is 9.29 Å². The van der Waals surface area contributed by atoms with Gasteiger partial charge in [-0.25, -0.2) is 14.6 Å². The van der Waals surface area contributed by atoms with Crippen LogP contribution in [-0.2, 0) is 33.0 Å². The zero-order valence-corrected chi connectivity index (χ0v) is 21.2. The van der Waals surface area contributed by atoms with Crippen molar-refractivity contribution in [2.45, 2.75) is 45.0 Å². The van der Waals surface area contributed by atoms with E-state index in [1.165, 1.54) is 27.1 Å². The lowest BCUT2D eigenvalue weighted by Crippen LogP contribution is -2.43. The number of rotatable bonds is 6. The summed E-state index contributed by atoms with van der Waals surface area (Å²) in [5, 5.41) is 19.2. The number of nitrogens with one attached hydrogen (secondary N) is 2. The number of aliphatic imine (C=N–C) groups is 1. The third-order valence-electron chi connectivity index (χ3n) is 5.14. The standard InChI is InChI=1S/C18H24N8O8S2/c1-18(2,3)33-16(27)22-11-8-35-12(21-11)6-19-15(23-29)14-13-9(5-20-24(13)4)10-7-25(14)17(28)26(10)34-36(30,31)32/h5,8,10,14,29H,6-7H2,1-4H3,(H,19,23)(H,22,27)(H,30,31,32)/t10-,14-/m0/s1. The van der Waals surface area contributed by atoms with Gasteiger partial charge in [0.2, 0.25) is 0 Å². The summed E-state index contributed by atoms with van der Waals surface area (Å²) < 4.78 is 42.8. The molecule has 2 aliphatic heterocycles. The number of thiazole rings is 1. The Morgan fingerprint density at radius 2 is 2.11 bits per heavy atom. The molecule has 1 saturated heterocycles. The molecule has 1 fully saturated rings. The molecule has 2 aliphatic rings. The fraction of sp³-hybridized carbons (Fsp3) is 0.500. The van der Waals surface area contributed by atoms with E-state index >= 15 is 0 Å². The van der Waals surface area contributed by atoms with Gasteiger partial charge in [-0.3, -0.25) is 30.2 Å². The number of urea groups is 1. The molecule has 18 heteroatoms. The number of ether oxygens (including phenoxy) is 1. The second kappa shape index (κ2) is 9.28. The number of aromatic nitrogens is 3. The van der Waals surface area contributed by atoms with Crippen LogP contribution in [0, 0.1) is 0 Å². The first-order chi connectivity index (χ1) is 16.8. The summed E-state index contributed by atoms with van der Waals surface area (Å²) in [6, 6.07) is -2.70. The first kappa shape index (κ1) is 25.8. The van der Waals surface area contributed by atoms with E-state index < -0.39 is 40.2 Å². The van der Waals surface area contributed by atoms with Crippen LogP contribution >= 0.6 is 11.3 Å². The molecule has 0 saturated carbocycles. The van der Waals surface area contributed by atoms with Gasteiger partial charge in [0.1, 0.15) is 28.5 Å². The van der Waals surface area contributed by atoms with E-state index in [-0.39, 0.29) is 24.7 Å². The van der Waals surface area contributed by atoms with Gasteiger partial charge < -0.3 is 9.64 Å². The van der Waals surface area contributed by atoms with Gasteiger partial charge in [0.25, 0.3) is 0 Å². The lowest BCUT2D eigenvalue weighted by Gasteiger charge is -2.31. The first-order valence-electron chi connectivity index (χ1n) is 10.4. The number of carbonyl (C=O) groups excluding carboxylic acids is 2. The maximum absolute atomic E-state index is 12.9. The molecule has 0 radical (unpaired) electrons. The molecule has 16 nitrogen and oxygen atoms in total. The van der Waals surface area contributed by atoms with Crippen LogP contribution in [-0.4, -0.2) is 73.0 Å². The highest BCUT2D eigenvalue weighted by atomic mass is 32.3. The second-order valence-corrected chi connectivity index (χ2v) is 10.8. The molecular weight excluding hydrogens is 520 g/mol. The van der Waals surface area contributed by atoms with Gasteiger partial charge in [-0.1, -0.05) is 0 Å². The molecule has 36 heavy (non-hydrogen) atoms. The van der Waals surface area contributed by atoms with Crippen LogP contribution in [0.5, 0.6) is 0 Å². The van der Waals surface area contributed by atoms with E-state index in [0.29, 0.717) is 21.3 Å². The quantitative estimate of drug-likeness (QED) is 0.177. The Hall–Kier alpha value is -3.32. The molecule has 4 heterocycles. The summed E-state index contributed by atoms with van der Waals surface area (Å²) in [5.74, 6) is 0.220. The Morgan fingerprint density at radius 3 is 2.75 bits per heavy atom. The molecule has 4 N–H and O–H groups in total. The third-order valence-corrected chi connectivity index (χ3v) is 6.33. The van der Waals surface area contributed by atoms with E-state index in [1.54, 1.807) is 33.2 Å². The van der Waals surface area contributed by atoms with E-state index in [1.807, 2.05) is 5.48 Å². The summed E-state index contributed by atoms with van der Waals surface area (Å²) in [6.07, 6.45) is 0.776. The first-order valence-corrected chi connectivity index (χ1v) is 12.7. The Balaban J connectivity index is 1.57. The Bertz CT molecular complexity index is 1310. The van der Waals surface area contributed by atoms with E-state index in [0.717, 1.165) is 0 Å². The average molecular weight is 545 g/mol. The molecular formula is C18H24N8O8S2. The fourth-order valence-electron chi connectivity index (χ4n) is 3.89. The molecule has 0 aliphatic carbocycles. The number of hydrogen-bond acceptors (Lipinski definition) is 11. The number of fused-ring (bicyclic) bond motifs is 4. The minimum absolute atomic E-state index is 0.0143. The number of carbonyl (C=O) groups is 2. The smallest absolute Gasteiger partial charge is 0.418 e. The molecule has 4 rings (SSSR count). The zero-order chi connectivity index (χ0) is 26.4. The maximum Gasteiger partial charge on any atom is 0.418 e. The Kier molecular flexibility index (Phi) is 6.64. The second-order valence-electron chi connectivity index (χ2n) is 8.86. The highest BCUT2D eigenvalue weighted by Gasteiger charge is 2.53. The SMILES string of the molecule is Cn1ncc2c1[C@@H](C(=NCc1nc(NC(=O)OC(C)(C)C)cs1)NO)N1C[C@@H]2N(OS(=O)(=O)O)C1=O. The number of nitrogens with zero attached hydrogens (tertiary/aromatic N) is 6. The largest absolute Gasteiger partial charge is 0.444 e. The summed E-state index contributed by atoms with van der Waals surface area (Å²) in [4.78, 5) is 34.7. The summed E-state index contributed by atoms with van der Waals surface area (Å²) >= 11 is 1.20. The van der Waals surface area contributed by atoms with Gasteiger partial charge >= 0.3 is 22.5 Å². The summed E-state index contributed by atoms with van der Waals surface area (Å²) in [7, 11) is -3.36. The topological polar surface area (TPSA) is 201 Å². The molecule has 0 spiro atoms. The normalized spacial score (nSPS) is 19.9. The molecule has 2 aromatic heterocycles. The van der Waals surface area contributed by atoms with Crippen molar-refractivity contribution in [2.24, 2.45) is 12.0 Å². The van der Waals surface area contributed by atoms with Gasteiger partial charge in [0.05, 0.1) is 25.0 Å². The van der Waals surface area contributed by atoms with Crippen molar-refractivity contribution in [2.75, 3.05) is 11.9 Å². The van der Waals surface area contributed by atoms with Crippen molar-refractivity contribution in [3.63, 3.8) is 0 Å². The molecule has 0 unspecified atom stereocenters. The Morgan fingerprint density at radius 1 is 1.39 bits per heavy atom. The van der Waals surface area contributed by atoms with Crippen LogP contribution in [0.4, 0.5) is 15.4 Å². The molecule has 196 valence electrons. The number of aryl methyl sites for hydroxylation is 1. The number of amidine groups is 1. The van der Waals surface area contributed by atoms with Crippen LogP contribution in [0.2, 0.25) is 0 Å². The van der Waals surface area contributed by atoms with Gasteiger partial charge in [0, 0.05) is 18.0 Å². The summed E-state index contributed by atoms with van der Waals surface area (Å²) in [5.41, 5.74) is 2.24. The van der Waals surface area contributed by atoms with Gasteiger partial charge in [-0.2, -0.15) is 18.6 Å². The molecule has 2 atom stereocenters. The number of anilines is 1. The molecule has 3 amide bonds. The van der Waals surface area contributed by atoms with Crippen LogP contribution in [0.15, 0.2) is 16.6 Å². The number of amides is 3. The number of hydrogen-bond donors (Lipinski definition) is 4. The maximum atomic E-state index is 12.9. The minimum Gasteiger partial charge on any atom is -0.444 e. The summed E-state index contributed by atoms with van der Waals surface area (Å²) in [6.45, 7) is 5.16. The third kappa shape index (κ3) is 5.26. The van der Waals surface area contributed by atoms with E-state index in [9.17, 15) is 23.2 Å². The van der Waals surface area contributed by atoms with Crippen LogP contribution in [0.1, 0.15) is 49.1 Å². The predicted octanol–water partition coefficient (Wildman–Crippen LogP) is 1.37. The highest BCUT2D eigenvalue weighted by Crippen LogP contribution is 2.44. The van der Waals surface area contributed by atoms with Crippen molar-refractivity contribution in [3.8, 4) is 0 Å². The molecule has 0 aromatic carbocycles. The van der Waals surface area contributed by atoms with Crippen molar-refractivity contribution in [1.82, 2.24) is 30.2 Å². The van der Waals surface area contributed by atoms with Crippen LogP contribution in [0.25, 0.3) is 0 Å². The number of hydroxylamine groups is 3. The van der Waals surface area contributed by atoms with Gasteiger partial charge in [0.15, 0.2) is 5.84 Å². The zero-order valence-electron chi connectivity index (χ0n) is 19.6. The van der Waals surface area contributed by atoms with Gasteiger partial charge in [-0.05, 0) is 20.8 Å². The molecule has 2 aromatic rings. The minimum atomic E-state index is -4.97. The van der Waals surface area contributed by atoms with Crippen molar-refractivity contribution >= 4 is 45.5 Å². The molecule has 2 bridgehead atoms. The van der Waals surface area contributed by atoms with E-state index in [2.05, 4.69) is 24.7 Å². The highest BCUT2D eigenvalue weighted by molar-refractivity contribution is 7.80.